The van der Waals surface area contributed by atoms with E-state index in [1.54, 1.807) is 13.0 Å². The summed E-state index contributed by atoms with van der Waals surface area (Å²) in [5, 5.41) is 41.4. The number of nitrogens with one attached hydrogen (secondary N) is 1. The van der Waals surface area contributed by atoms with Crippen molar-refractivity contribution in [1.29, 1.82) is 0 Å². The van der Waals surface area contributed by atoms with Crippen molar-refractivity contribution in [2.24, 2.45) is 0 Å². The fourth-order valence-corrected chi connectivity index (χ4v) is 2.72. The van der Waals surface area contributed by atoms with Gasteiger partial charge in [0.05, 0.1) is 6.61 Å². The Hall–Kier alpha value is -2.72. The average molecular weight is 477 g/mol. The van der Waals surface area contributed by atoms with Crippen LogP contribution < -0.4 is 10.9 Å². The third-order valence-corrected chi connectivity index (χ3v) is 4.15. The lowest BCUT2D eigenvalue weighted by molar-refractivity contribution is -0.122. The van der Waals surface area contributed by atoms with Crippen LogP contribution in [0.2, 0.25) is 0 Å². The number of aryl methyl sites for hydroxylation is 1. The first-order chi connectivity index (χ1) is 14.6. The molecule has 13 nitrogen and oxygen atoms in total. The summed E-state index contributed by atoms with van der Waals surface area (Å²) < 4.78 is 36.7. The molecular formula is C18H23NO12S. The van der Waals surface area contributed by atoms with E-state index in [2.05, 4.69) is 5.32 Å². The second kappa shape index (κ2) is 11.2. The van der Waals surface area contributed by atoms with Crippen LogP contribution in [0.25, 0.3) is 11.0 Å². The molecule has 0 bridgehead atoms. The van der Waals surface area contributed by atoms with E-state index in [1.807, 2.05) is 0 Å². The molecule has 0 spiro atoms. The molecule has 0 saturated carbocycles. The predicted octanol–water partition coefficient (Wildman–Crippen LogP) is -1.79. The van der Waals surface area contributed by atoms with Crippen molar-refractivity contribution in [3.8, 4) is 0 Å². The highest BCUT2D eigenvalue weighted by molar-refractivity contribution is 7.79. The molecule has 1 heterocycles. The SMILES string of the molecule is CC(=O)N[C@@H](C(=O)c1ccc2c(C)cc(=O)oc2c1)[C@@H](O)[C@H](O)[C@H](O)CO.O=S(=O)(O)O. The average Bonchev–Trinajstić information content (AvgIpc) is 2.67. The van der Waals surface area contributed by atoms with Crippen LogP contribution in [0.3, 0.4) is 0 Å². The van der Waals surface area contributed by atoms with Crippen molar-refractivity contribution in [1.82, 2.24) is 5.32 Å². The second-order valence-electron chi connectivity index (χ2n) is 6.68. The Morgan fingerprint density at radius 2 is 1.66 bits per heavy atom. The minimum absolute atomic E-state index is 0.0136. The largest absolute Gasteiger partial charge is 0.423 e. The van der Waals surface area contributed by atoms with Crippen LogP contribution in [0, 0.1) is 6.92 Å². The normalized spacial score (nSPS) is 15.1. The molecule has 0 saturated heterocycles. The minimum Gasteiger partial charge on any atom is -0.423 e. The fraction of sp³-hybridized carbons (Fsp3) is 0.389. The molecule has 0 aliphatic carbocycles. The molecule has 7 N–H and O–H groups in total. The van der Waals surface area contributed by atoms with Gasteiger partial charge in [-0.25, -0.2) is 4.79 Å². The molecule has 1 aromatic heterocycles. The Morgan fingerprint density at radius 3 is 2.16 bits per heavy atom. The van der Waals surface area contributed by atoms with Crippen LogP contribution in [0.4, 0.5) is 0 Å². The first-order valence-corrected chi connectivity index (χ1v) is 10.3. The summed E-state index contributed by atoms with van der Waals surface area (Å²) in [7, 11) is -4.67. The molecule has 178 valence electrons. The summed E-state index contributed by atoms with van der Waals surface area (Å²) in [6, 6.07) is 3.99. The van der Waals surface area contributed by atoms with Crippen molar-refractivity contribution in [2.75, 3.05) is 6.61 Å². The van der Waals surface area contributed by atoms with Gasteiger partial charge in [0.15, 0.2) is 5.78 Å². The van der Waals surface area contributed by atoms with Crippen LogP contribution in [0.1, 0.15) is 22.8 Å². The lowest BCUT2D eigenvalue weighted by atomic mass is 9.93. The van der Waals surface area contributed by atoms with E-state index in [0.717, 1.165) is 6.92 Å². The topological polar surface area (TPSA) is 232 Å². The molecule has 32 heavy (non-hydrogen) atoms. The predicted molar refractivity (Wildman–Crippen MR) is 108 cm³/mol. The number of carbonyl (C=O) groups is 2. The van der Waals surface area contributed by atoms with E-state index < -0.39 is 58.7 Å². The quantitative estimate of drug-likeness (QED) is 0.133. The number of rotatable bonds is 7. The molecule has 0 radical (unpaired) electrons. The van der Waals surface area contributed by atoms with Gasteiger partial charge in [-0.1, -0.05) is 12.1 Å². The zero-order valence-electron chi connectivity index (χ0n) is 16.9. The van der Waals surface area contributed by atoms with Gasteiger partial charge in [0, 0.05) is 23.9 Å². The van der Waals surface area contributed by atoms with Gasteiger partial charge in [-0.3, -0.25) is 18.7 Å². The Morgan fingerprint density at radius 1 is 1.09 bits per heavy atom. The van der Waals surface area contributed by atoms with Gasteiger partial charge < -0.3 is 30.2 Å². The molecule has 2 rings (SSSR count). The van der Waals surface area contributed by atoms with Crippen LogP contribution in [-0.4, -0.2) is 80.6 Å². The maximum absolute atomic E-state index is 12.8. The molecule has 1 aromatic carbocycles. The highest BCUT2D eigenvalue weighted by Gasteiger charge is 2.36. The van der Waals surface area contributed by atoms with Gasteiger partial charge in [0.25, 0.3) is 0 Å². The number of aliphatic hydroxyl groups is 4. The number of fused-ring (bicyclic) bond motifs is 1. The van der Waals surface area contributed by atoms with Crippen molar-refractivity contribution in [3.05, 3.63) is 45.8 Å². The van der Waals surface area contributed by atoms with Crippen LogP contribution >= 0.6 is 0 Å². The smallest absolute Gasteiger partial charge is 0.394 e. The van der Waals surface area contributed by atoms with Gasteiger partial charge in [-0.15, -0.1) is 0 Å². The van der Waals surface area contributed by atoms with E-state index in [0.29, 0.717) is 10.9 Å². The first kappa shape index (κ1) is 27.3. The number of amides is 1. The number of ketones is 1. The van der Waals surface area contributed by atoms with Gasteiger partial charge in [0.1, 0.15) is 29.9 Å². The molecule has 0 aliphatic rings. The van der Waals surface area contributed by atoms with Gasteiger partial charge in [0.2, 0.25) is 5.91 Å². The van der Waals surface area contributed by atoms with Crippen molar-refractivity contribution >= 4 is 33.1 Å². The third kappa shape index (κ3) is 8.08. The summed E-state index contributed by atoms with van der Waals surface area (Å²) in [6.45, 7) is 1.97. The van der Waals surface area contributed by atoms with Crippen molar-refractivity contribution < 1.29 is 52.0 Å². The number of carbonyl (C=O) groups excluding carboxylic acids is 2. The van der Waals surface area contributed by atoms with E-state index >= 15 is 0 Å². The second-order valence-corrected chi connectivity index (χ2v) is 7.58. The number of aliphatic hydroxyl groups excluding tert-OH is 4. The first-order valence-electron chi connectivity index (χ1n) is 8.86. The zero-order chi connectivity index (χ0) is 24.8. The Kier molecular flexibility index (Phi) is 9.59. The minimum atomic E-state index is -4.67. The van der Waals surface area contributed by atoms with Crippen LogP contribution in [0.15, 0.2) is 33.5 Å². The molecular weight excluding hydrogens is 454 g/mol. The Bertz CT molecular complexity index is 1120. The Balaban J connectivity index is 0.000000920. The monoisotopic (exact) mass is 477 g/mol. The van der Waals surface area contributed by atoms with E-state index in [-0.39, 0.29) is 11.1 Å². The zero-order valence-corrected chi connectivity index (χ0v) is 17.7. The molecule has 1 amide bonds. The Labute approximate surface area is 181 Å². The fourth-order valence-electron chi connectivity index (χ4n) is 2.72. The highest BCUT2D eigenvalue weighted by atomic mass is 32.3. The summed E-state index contributed by atoms with van der Waals surface area (Å²) >= 11 is 0. The van der Waals surface area contributed by atoms with E-state index in [1.165, 1.54) is 18.2 Å². The van der Waals surface area contributed by atoms with E-state index in [9.17, 15) is 29.7 Å². The van der Waals surface area contributed by atoms with Crippen molar-refractivity contribution in [2.45, 2.75) is 38.2 Å². The van der Waals surface area contributed by atoms with Crippen LogP contribution in [0.5, 0.6) is 0 Å². The lowest BCUT2D eigenvalue weighted by Crippen LogP contribution is -2.55. The maximum Gasteiger partial charge on any atom is 0.394 e. The summed E-state index contributed by atoms with van der Waals surface area (Å²) in [4.78, 5) is 35.8. The van der Waals surface area contributed by atoms with E-state index in [4.69, 9.17) is 27.0 Å². The third-order valence-electron chi connectivity index (χ3n) is 4.15. The summed E-state index contributed by atoms with van der Waals surface area (Å²) in [5.74, 6) is -1.42. The van der Waals surface area contributed by atoms with Crippen LogP contribution in [-0.2, 0) is 15.2 Å². The number of hydrogen-bond acceptors (Lipinski definition) is 10. The standard InChI is InChI=1S/C18H21NO8.H2O4S/c1-8-5-14(23)27-13-6-10(3-4-11(8)13)16(24)15(19-9(2)21)18(26)17(25)12(22)7-20;1-5(2,3)4/h3-6,12,15,17-18,20,22,25-26H,7H2,1-2H3,(H,19,21);(H2,1,2,3,4)/t12-,15+,17-,18-;/m1./s1. The van der Waals surface area contributed by atoms with Gasteiger partial charge >= 0.3 is 16.0 Å². The van der Waals surface area contributed by atoms with Crippen molar-refractivity contribution in [3.63, 3.8) is 0 Å². The number of Topliss-reactive ketones (excluding diaryl/α,β-unsaturated/α-hetero) is 1. The molecule has 4 atom stereocenters. The highest BCUT2D eigenvalue weighted by Crippen LogP contribution is 2.20. The number of hydrogen-bond donors (Lipinski definition) is 7. The lowest BCUT2D eigenvalue weighted by Gasteiger charge is -2.28. The molecule has 2 aromatic rings. The molecule has 0 fully saturated rings. The number of benzene rings is 1. The molecule has 14 heteroatoms. The summed E-state index contributed by atoms with van der Waals surface area (Å²) in [6.07, 6.45) is -5.47. The summed E-state index contributed by atoms with van der Waals surface area (Å²) in [5.41, 5.74) is 0.224. The van der Waals surface area contributed by atoms with Gasteiger partial charge in [-0.05, 0) is 18.6 Å². The van der Waals surface area contributed by atoms with Gasteiger partial charge in [-0.2, -0.15) is 8.42 Å². The molecule has 0 aliphatic heterocycles. The maximum atomic E-state index is 12.8. The molecule has 0 unspecified atom stereocenters.